The number of hydrogen-bond acceptors (Lipinski definition) is 4. The topological polar surface area (TPSA) is 55.3 Å². The summed E-state index contributed by atoms with van der Waals surface area (Å²) in [4.78, 5) is 23.0. The number of fused-ring (bicyclic) bond motifs is 2. The summed E-state index contributed by atoms with van der Waals surface area (Å²) in [5.74, 6) is -0.387. The molecule has 120 valence electrons. The number of rotatable bonds is 1. The summed E-state index contributed by atoms with van der Waals surface area (Å²) in [6.07, 6.45) is 1.68. The highest BCUT2D eigenvalue weighted by molar-refractivity contribution is 5.94. The molecular weight excluding hydrogens is 309 g/mol. The van der Waals surface area contributed by atoms with E-state index in [-0.39, 0.29) is 18.3 Å². The second-order valence-electron chi connectivity index (χ2n) is 5.54. The van der Waals surface area contributed by atoms with Crippen LogP contribution >= 0.6 is 0 Å². The number of hydrogen-bond donors (Lipinski definition) is 0. The molecule has 0 spiro atoms. The largest absolute Gasteiger partial charge is 0.488 e. The molecule has 0 unspecified atom stereocenters. The van der Waals surface area contributed by atoms with Crippen LogP contribution in [0.4, 0.5) is 4.39 Å². The zero-order valence-corrected chi connectivity index (χ0v) is 12.8. The number of pyridine rings is 2. The van der Waals surface area contributed by atoms with Gasteiger partial charge in [0.2, 0.25) is 0 Å². The number of para-hydroxylation sites is 1. The van der Waals surface area contributed by atoms with Gasteiger partial charge >= 0.3 is 0 Å². The number of aromatic nitrogens is 2. The van der Waals surface area contributed by atoms with Gasteiger partial charge in [0.1, 0.15) is 12.3 Å². The first-order valence-corrected chi connectivity index (χ1v) is 7.63. The number of nitrogens with zero attached hydrogens (tertiary/aromatic N) is 3. The van der Waals surface area contributed by atoms with E-state index < -0.39 is 5.82 Å². The van der Waals surface area contributed by atoms with Crippen molar-refractivity contribution in [2.24, 2.45) is 0 Å². The number of amides is 1. The van der Waals surface area contributed by atoms with Crippen molar-refractivity contribution in [3.63, 3.8) is 0 Å². The van der Waals surface area contributed by atoms with Gasteiger partial charge in [-0.2, -0.15) is 0 Å². The normalized spacial score (nSPS) is 14.0. The molecule has 24 heavy (non-hydrogen) atoms. The molecule has 4 rings (SSSR count). The molecule has 3 heterocycles. The van der Waals surface area contributed by atoms with E-state index in [9.17, 15) is 9.18 Å². The molecule has 0 saturated heterocycles. The first kappa shape index (κ1) is 14.6. The lowest BCUT2D eigenvalue weighted by Gasteiger charge is -2.19. The van der Waals surface area contributed by atoms with Gasteiger partial charge in [0.15, 0.2) is 11.6 Å². The average molecular weight is 323 g/mol. The average Bonchev–Trinajstić information content (AvgIpc) is 2.84. The van der Waals surface area contributed by atoms with Crippen molar-refractivity contribution in [1.29, 1.82) is 0 Å². The number of carbonyl (C=O) groups is 1. The fraction of sp³-hybridized carbons (Fsp3) is 0.167. The molecule has 5 nitrogen and oxygen atoms in total. The van der Waals surface area contributed by atoms with E-state index in [0.29, 0.717) is 29.9 Å². The van der Waals surface area contributed by atoms with Crippen LogP contribution in [0, 0.1) is 5.82 Å². The summed E-state index contributed by atoms with van der Waals surface area (Å²) in [6.45, 7) is 0.910. The number of carbonyl (C=O) groups excluding carboxylic acids is 1. The second-order valence-corrected chi connectivity index (χ2v) is 5.54. The van der Waals surface area contributed by atoms with Crippen LogP contribution in [0.25, 0.3) is 11.0 Å². The molecule has 2 aromatic heterocycles. The molecule has 0 bridgehead atoms. The van der Waals surface area contributed by atoms with E-state index in [1.54, 1.807) is 41.4 Å². The van der Waals surface area contributed by atoms with Crippen molar-refractivity contribution >= 4 is 16.9 Å². The molecule has 1 aliphatic rings. The predicted octanol–water partition coefficient (Wildman–Crippen LogP) is 2.80. The summed E-state index contributed by atoms with van der Waals surface area (Å²) in [7, 11) is 0. The Bertz CT molecular complexity index is 929. The maximum Gasteiger partial charge on any atom is 0.272 e. The quantitative estimate of drug-likeness (QED) is 0.691. The van der Waals surface area contributed by atoms with E-state index in [1.165, 1.54) is 6.07 Å². The molecule has 1 aliphatic heterocycles. The first-order valence-electron chi connectivity index (χ1n) is 7.63. The van der Waals surface area contributed by atoms with Gasteiger partial charge in [-0.1, -0.05) is 12.1 Å². The van der Waals surface area contributed by atoms with E-state index in [0.717, 1.165) is 5.52 Å². The Morgan fingerprint density at radius 2 is 2.04 bits per heavy atom. The number of halogens is 1. The van der Waals surface area contributed by atoms with Crippen LogP contribution in [-0.2, 0) is 6.54 Å². The second kappa shape index (κ2) is 5.88. The molecule has 3 aromatic rings. The minimum absolute atomic E-state index is 0.207. The van der Waals surface area contributed by atoms with Gasteiger partial charge in [-0.15, -0.1) is 0 Å². The zero-order chi connectivity index (χ0) is 16.5. The fourth-order valence-corrected chi connectivity index (χ4v) is 2.79. The van der Waals surface area contributed by atoms with Crippen LogP contribution in [0.15, 0.2) is 48.7 Å². The van der Waals surface area contributed by atoms with Gasteiger partial charge < -0.3 is 9.64 Å². The summed E-state index contributed by atoms with van der Waals surface area (Å²) < 4.78 is 19.3. The Kier molecular flexibility index (Phi) is 3.57. The van der Waals surface area contributed by atoms with Crippen molar-refractivity contribution in [1.82, 2.24) is 14.9 Å². The Morgan fingerprint density at radius 1 is 1.12 bits per heavy atom. The Morgan fingerprint density at radius 3 is 2.96 bits per heavy atom. The van der Waals surface area contributed by atoms with E-state index in [1.807, 2.05) is 6.07 Å². The molecule has 6 heteroatoms. The maximum absolute atomic E-state index is 13.8. The van der Waals surface area contributed by atoms with Gasteiger partial charge in [0.05, 0.1) is 17.6 Å². The minimum atomic E-state index is -0.406. The molecule has 0 N–H and O–H groups in total. The third-order valence-electron chi connectivity index (χ3n) is 3.98. The summed E-state index contributed by atoms with van der Waals surface area (Å²) >= 11 is 0. The molecule has 0 aliphatic carbocycles. The third-order valence-corrected chi connectivity index (χ3v) is 3.98. The highest BCUT2D eigenvalue weighted by Crippen LogP contribution is 2.26. The van der Waals surface area contributed by atoms with Crippen molar-refractivity contribution in [2.75, 3.05) is 13.2 Å². The zero-order valence-electron chi connectivity index (χ0n) is 12.8. The summed E-state index contributed by atoms with van der Waals surface area (Å²) in [5.41, 5.74) is 2.40. The van der Waals surface area contributed by atoms with Crippen molar-refractivity contribution in [3.8, 4) is 5.75 Å². The highest BCUT2D eigenvalue weighted by atomic mass is 19.1. The van der Waals surface area contributed by atoms with Crippen molar-refractivity contribution in [2.45, 2.75) is 6.54 Å². The molecular formula is C18H14FN3O2. The number of benzene rings is 1. The van der Waals surface area contributed by atoms with Crippen molar-refractivity contribution < 1.29 is 13.9 Å². The SMILES string of the molecule is O=C(c1ccc2ncccc2n1)N1CCOc2c(F)cccc2C1. The van der Waals surface area contributed by atoms with Gasteiger partial charge in [0, 0.05) is 18.3 Å². The van der Waals surface area contributed by atoms with Gasteiger partial charge in [-0.25, -0.2) is 9.37 Å². The summed E-state index contributed by atoms with van der Waals surface area (Å²) in [6, 6.07) is 11.8. The lowest BCUT2D eigenvalue weighted by Crippen LogP contribution is -2.33. The van der Waals surface area contributed by atoms with Crippen LogP contribution in [0.1, 0.15) is 16.1 Å². The summed E-state index contributed by atoms with van der Waals surface area (Å²) in [5, 5.41) is 0. The Labute approximate surface area is 137 Å². The lowest BCUT2D eigenvalue weighted by atomic mass is 10.1. The number of ether oxygens (including phenoxy) is 1. The van der Waals surface area contributed by atoms with Gasteiger partial charge in [-0.3, -0.25) is 9.78 Å². The fourth-order valence-electron chi connectivity index (χ4n) is 2.79. The molecule has 0 radical (unpaired) electrons. The van der Waals surface area contributed by atoms with Crippen LogP contribution in [-0.4, -0.2) is 33.9 Å². The Hall–Kier alpha value is -3.02. The monoisotopic (exact) mass is 323 g/mol. The van der Waals surface area contributed by atoms with Crippen molar-refractivity contribution in [3.05, 3.63) is 65.7 Å². The molecule has 1 aromatic carbocycles. The van der Waals surface area contributed by atoms with Crippen LogP contribution in [0.2, 0.25) is 0 Å². The minimum Gasteiger partial charge on any atom is -0.488 e. The first-order chi connectivity index (χ1) is 11.7. The lowest BCUT2D eigenvalue weighted by molar-refractivity contribution is 0.0727. The van der Waals surface area contributed by atoms with E-state index in [2.05, 4.69) is 9.97 Å². The molecule has 1 amide bonds. The van der Waals surface area contributed by atoms with E-state index in [4.69, 9.17) is 4.74 Å². The Balaban J connectivity index is 1.65. The van der Waals surface area contributed by atoms with E-state index >= 15 is 0 Å². The standard InChI is InChI=1S/C18H14FN3O2/c19-13-4-1-3-12-11-22(9-10-24-17(12)13)18(23)16-7-6-14-15(21-16)5-2-8-20-14/h1-8H,9-11H2. The third kappa shape index (κ3) is 2.56. The van der Waals surface area contributed by atoms with Crippen LogP contribution in [0.3, 0.4) is 0 Å². The maximum atomic E-state index is 13.8. The molecule has 0 saturated carbocycles. The van der Waals surface area contributed by atoms with Gasteiger partial charge in [-0.05, 0) is 30.3 Å². The smallest absolute Gasteiger partial charge is 0.272 e. The van der Waals surface area contributed by atoms with Crippen LogP contribution < -0.4 is 4.74 Å². The van der Waals surface area contributed by atoms with Gasteiger partial charge in [0.25, 0.3) is 5.91 Å². The van der Waals surface area contributed by atoms with Crippen LogP contribution in [0.5, 0.6) is 5.75 Å². The predicted molar refractivity (Wildman–Crippen MR) is 86.2 cm³/mol. The molecule has 0 fully saturated rings. The molecule has 0 atom stereocenters. The highest BCUT2D eigenvalue weighted by Gasteiger charge is 2.23.